The maximum atomic E-state index is 12.3. The molecule has 0 unspecified atom stereocenters. The fourth-order valence-corrected chi connectivity index (χ4v) is 3.31. The number of piperidine rings is 1. The summed E-state index contributed by atoms with van der Waals surface area (Å²) >= 11 is 0. The molecule has 2 saturated heterocycles. The van der Waals surface area contributed by atoms with E-state index in [2.05, 4.69) is 5.32 Å². The van der Waals surface area contributed by atoms with Gasteiger partial charge in [-0.05, 0) is 12.1 Å². The Kier molecular flexibility index (Phi) is 4.22. The van der Waals surface area contributed by atoms with Crippen LogP contribution in [0, 0.1) is 0 Å². The zero-order valence-corrected chi connectivity index (χ0v) is 13.8. The van der Waals surface area contributed by atoms with Crippen LogP contribution in [-0.4, -0.2) is 55.6 Å². The Morgan fingerprint density at radius 3 is 2.56 bits per heavy atom. The first-order valence-electron chi connectivity index (χ1n) is 8.39. The van der Waals surface area contributed by atoms with Crippen molar-refractivity contribution in [2.45, 2.75) is 25.0 Å². The molecule has 3 aliphatic rings. The first-order chi connectivity index (χ1) is 12.1. The second-order valence-corrected chi connectivity index (χ2v) is 6.28. The van der Waals surface area contributed by atoms with Gasteiger partial charge in [-0.2, -0.15) is 0 Å². The smallest absolute Gasteiger partial charge is 0.233 e. The molecule has 0 atom stereocenters. The number of hydrogen-bond donors (Lipinski definition) is 1. The van der Waals surface area contributed by atoms with Gasteiger partial charge in [-0.3, -0.25) is 9.59 Å². The quantitative estimate of drug-likeness (QED) is 0.824. The summed E-state index contributed by atoms with van der Waals surface area (Å²) in [5.41, 5.74) is 0.576. The van der Waals surface area contributed by atoms with Crippen LogP contribution in [-0.2, 0) is 19.1 Å². The molecular formula is C17H20N2O6. The third-order valence-electron chi connectivity index (χ3n) is 4.66. The number of carbonyl (C=O) groups excluding carboxylic acids is 2. The molecule has 0 radical (unpaired) electrons. The largest absolute Gasteiger partial charge is 0.454 e. The van der Waals surface area contributed by atoms with E-state index in [0.29, 0.717) is 56.3 Å². The highest BCUT2D eigenvalue weighted by Gasteiger charge is 2.40. The molecule has 2 amide bonds. The lowest BCUT2D eigenvalue weighted by atomic mass is 10.0. The molecule has 1 aromatic rings. The Morgan fingerprint density at radius 2 is 1.80 bits per heavy atom. The van der Waals surface area contributed by atoms with Gasteiger partial charge in [-0.25, -0.2) is 0 Å². The van der Waals surface area contributed by atoms with Crippen LogP contribution in [0.4, 0.5) is 5.69 Å². The number of ether oxygens (including phenoxy) is 4. The predicted molar refractivity (Wildman–Crippen MR) is 86.3 cm³/mol. The Morgan fingerprint density at radius 1 is 1.08 bits per heavy atom. The lowest BCUT2D eigenvalue weighted by Crippen LogP contribution is -2.47. The molecule has 25 heavy (non-hydrogen) atoms. The number of anilines is 1. The van der Waals surface area contributed by atoms with Crippen LogP contribution in [0.2, 0.25) is 0 Å². The van der Waals surface area contributed by atoms with Gasteiger partial charge in [0.15, 0.2) is 17.3 Å². The molecule has 8 nitrogen and oxygen atoms in total. The van der Waals surface area contributed by atoms with E-state index in [9.17, 15) is 9.59 Å². The molecule has 0 bridgehead atoms. The van der Waals surface area contributed by atoms with Crippen molar-refractivity contribution in [3.63, 3.8) is 0 Å². The lowest BCUT2D eigenvalue weighted by Gasteiger charge is -2.37. The normalized spacial score (nSPS) is 20.7. The summed E-state index contributed by atoms with van der Waals surface area (Å²) in [7, 11) is 0. The number of nitrogens with zero attached hydrogens (tertiary/aromatic N) is 1. The Balaban J connectivity index is 1.28. The van der Waals surface area contributed by atoms with Crippen molar-refractivity contribution >= 4 is 17.5 Å². The van der Waals surface area contributed by atoms with E-state index in [0.717, 1.165) is 0 Å². The first kappa shape index (κ1) is 16.2. The van der Waals surface area contributed by atoms with E-state index in [1.54, 1.807) is 23.1 Å². The summed E-state index contributed by atoms with van der Waals surface area (Å²) in [5.74, 6) is 0.171. The third-order valence-corrected chi connectivity index (χ3v) is 4.66. The van der Waals surface area contributed by atoms with Gasteiger partial charge in [-0.15, -0.1) is 0 Å². The van der Waals surface area contributed by atoms with Crippen molar-refractivity contribution in [1.29, 1.82) is 0 Å². The SMILES string of the molecule is O=C(CC(=O)N1CCC2(CC1)OCCO2)Nc1ccc2c(c1)OCO2. The minimum atomic E-state index is -0.522. The fraction of sp³-hybridized carbons (Fsp3) is 0.529. The molecule has 1 spiro atoms. The first-order valence-corrected chi connectivity index (χ1v) is 8.39. The standard InChI is InChI=1S/C17H20N2O6/c20-15(18-12-1-2-13-14(9-12)23-11-22-13)10-16(21)19-5-3-17(4-6-19)24-7-8-25-17/h1-2,9H,3-8,10-11H2,(H,18,20). The van der Waals surface area contributed by atoms with Crippen molar-refractivity contribution < 1.29 is 28.5 Å². The Labute approximate surface area is 145 Å². The molecule has 1 aromatic carbocycles. The molecule has 0 saturated carbocycles. The van der Waals surface area contributed by atoms with Crippen LogP contribution in [0.3, 0.4) is 0 Å². The molecule has 1 N–H and O–H groups in total. The second kappa shape index (κ2) is 6.53. The Bertz CT molecular complexity index is 676. The average molecular weight is 348 g/mol. The predicted octanol–water partition coefficient (Wildman–Crippen LogP) is 1.11. The molecule has 4 rings (SSSR count). The number of likely N-dealkylation sites (tertiary alicyclic amines) is 1. The molecular weight excluding hydrogens is 328 g/mol. The van der Waals surface area contributed by atoms with Gasteiger partial charge in [0, 0.05) is 37.7 Å². The molecule has 0 aromatic heterocycles. The van der Waals surface area contributed by atoms with Gasteiger partial charge in [0.25, 0.3) is 0 Å². The summed E-state index contributed by atoms with van der Waals surface area (Å²) in [4.78, 5) is 26.2. The van der Waals surface area contributed by atoms with Gasteiger partial charge in [-0.1, -0.05) is 0 Å². The second-order valence-electron chi connectivity index (χ2n) is 6.28. The fourth-order valence-electron chi connectivity index (χ4n) is 3.31. The summed E-state index contributed by atoms with van der Waals surface area (Å²) in [6.45, 7) is 2.46. The topological polar surface area (TPSA) is 86.3 Å². The highest BCUT2D eigenvalue weighted by atomic mass is 16.7. The zero-order valence-electron chi connectivity index (χ0n) is 13.8. The van der Waals surface area contributed by atoms with E-state index in [-0.39, 0.29) is 25.0 Å². The van der Waals surface area contributed by atoms with Gasteiger partial charge >= 0.3 is 0 Å². The zero-order chi connectivity index (χ0) is 17.3. The van der Waals surface area contributed by atoms with Crippen LogP contribution in [0.5, 0.6) is 11.5 Å². The number of nitrogens with one attached hydrogen (secondary N) is 1. The van der Waals surface area contributed by atoms with E-state index >= 15 is 0 Å². The van der Waals surface area contributed by atoms with Gasteiger partial charge in [0.05, 0.1) is 13.2 Å². The maximum absolute atomic E-state index is 12.3. The highest BCUT2D eigenvalue weighted by molar-refractivity contribution is 6.03. The molecule has 134 valence electrons. The summed E-state index contributed by atoms with van der Waals surface area (Å²) in [6.07, 6.45) is 1.09. The molecule has 2 fully saturated rings. The van der Waals surface area contributed by atoms with Crippen molar-refractivity contribution in [3.8, 4) is 11.5 Å². The van der Waals surface area contributed by atoms with Crippen LogP contribution in [0.25, 0.3) is 0 Å². The average Bonchev–Trinajstić information content (AvgIpc) is 3.24. The van der Waals surface area contributed by atoms with Crippen molar-refractivity contribution in [3.05, 3.63) is 18.2 Å². The third kappa shape index (κ3) is 3.40. The van der Waals surface area contributed by atoms with Crippen LogP contribution >= 0.6 is 0 Å². The number of hydrogen-bond acceptors (Lipinski definition) is 6. The van der Waals surface area contributed by atoms with Crippen molar-refractivity contribution in [2.24, 2.45) is 0 Å². The van der Waals surface area contributed by atoms with E-state index < -0.39 is 5.79 Å². The van der Waals surface area contributed by atoms with E-state index in [4.69, 9.17) is 18.9 Å². The Hall–Kier alpha value is -2.32. The summed E-state index contributed by atoms with van der Waals surface area (Å²) in [6, 6.07) is 5.13. The lowest BCUT2D eigenvalue weighted by molar-refractivity contribution is -0.187. The maximum Gasteiger partial charge on any atom is 0.233 e. The minimum Gasteiger partial charge on any atom is -0.454 e. The van der Waals surface area contributed by atoms with Gasteiger partial charge < -0.3 is 29.2 Å². The summed E-state index contributed by atoms with van der Waals surface area (Å²) < 4.78 is 21.8. The minimum absolute atomic E-state index is 0.176. The molecule has 0 aliphatic carbocycles. The number of fused-ring (bicyclic) bond motifs is 1. The number of amides is 2. The van der Waals surface area contributed by atoms with E-state index in [1.165, 1.54) is 0 Å². The van der Waals surface area contributed by atoms with Gasteiger partial charge in [0.1, 0.15) is 6.42 Å². The van der Waals surface area contributed by atoms with E-state index in [1.807, 2.05) is 0 Å². The monoisotopic (exact) mass is 348 g/mol. The number of rotatable bonds is 3. The van der Waals surface area contributed by atoms with Crippen LogP contribution in [0.1, 0.15) is 19.3 Å². The number of benzene rings is 1. The van der Waals surface area contributed by atoms with Crippen molar-refractivity contribution in [2.75, 3.05) is 38.4 Å². The van der Waals surface area contributed by atoms with Crippen LogP contribution in [0.15, 0.2) is 18.2 Å². The van der Waals surface area contributed by atoms with Crippen molar-refractivity contribution in [1.82, 2.24) is 4.90 Å². The molecule has 8 heteroatoms. The summed E-state index contributed by atoms with van der Waals surface area (Å²) in [5, 5.41) is 2.72. The molecule has 3 aliphatic heterocycles. The van der Waals surface area contributed by atoms with Crippen LogP contribution < -0.4 is 14.8 Å². The van der Waals surface area contributed by atoms with Gasteiger partial charge in [0.2, 0.25) is 18.6 Å². The highest BCUT2D eigenvalue weighted by Crippen LogP contribution is 2.34. The number of carbonyl (C=O) groups is 2. The molecule has 3 heterocycles.